The number of thiazole rings is 1. The van der Waals surface area contributed by atoms with Crippen LogP contribution in [-0.4, -0.2) is 38.2 Å². The van der Waals surface area contributed by atoms with Crippen LogP contribution >= 0.6 is 11.3 Å². The van der Waals surface area contributed by atoms with E-state index in [1.54, 1.807) is 52.3 Å². The zero-order chi connectivity index (χ0) is 30.8. The van der Waals surface area contributed by atoms with Gasteiger partial charge < -0.3 is 28.4 Å². The van der Waals surface area contributed by atoms with Gasteiger partial charge in [0.2, 0.25) is 6.79 Å². The molecule has 3 aromatic carbocycles. The van der Waals surface area contributed by atoms with E-state index in [0.717, 1.165) is 11.1 Å². The lowest BCUT2D eigenvalue weighted by Crippen LogP contribution is -2.40. The molecule has 10 nitrogen and oxygen atoms in total. The van der Waals surface area contributed by atoms with Gasteiger partial charge in [-0.25, -0.2) is 9.79 Å². The van der Waals surface area contributed by atoms with Crippen LogP contribution in [0.4, 0.5) is 0 Å². The summed E-state index contributed by atoms with van der Waals surface area (Å²) in [6.45, 7) is 4.19. The molecule has 3 heterocycles. The first kappa shape index (κ1) is 29.1. The lowest BCUT2D eigenvalue weighted by molar-refractivity contribution is -0.139. The summed E-state index contributed by atoms with van der Waals surface area (Å²) in [7, 11) is 3.12. The van der Waals surface area contributed by atoms with Gasteiger partial charge in [-0.1, -0.05) is 41.7 Å². The molecule has 0 bridgehead atoms. The van der Waals surface area contributed by atoms with Crippen molar-refractivity contribution in [1.29, 1.82) is 0 Å². The molecular weight excluding hydrogens is 584 g/mol. The third-order valence-corrected chi connectivity index (χ3v) is 8.25. The number of rotatable bonds is 9. The second-order valence-electron chi connectivity index (χ2n) is 9.93. The van der Waals surface area contributed by atoms with Crippen molar-refractivity contribution in [1.82, 2.24) is 4.57 Å². The molecule has 0 spiro atoms. The summed E-state index contributed by atoms with van der Waals surface area (Å²) in [6.07, 6.45) is 1.77. The maximum Gasteiger partial charge on any atom is 0.338 e. The van der Waals surface area contributed by atoms with Crippen molar-refractivity contribution in [3.8, 4) is 28.7 Å². The summed E-state index contributed by atoms with van der Waals surface area (Å²) in [5.74, 6) is 2.48. The molecule has 0 unspecified atom stereocenters. The third-order valence-electron chi connectivity index (χ3n) is 7.27. The monoisotopic (exact) mass is 614 g/mol. The number of carbonyl (C=O) groups excluding carboxylic acids is 1. The predicted molar refractivity (Wildman–Crippen MR) is 163 cm³/mol. The van der Waals surface area contributed by atoms with Gasteiger partial charge in [-0.05, 0) is 61.4 Å². The molecule has 0 N–H and O–H groups in total. The number of allylic oxidation sites excluding steroid dienone is 1. The van der Waals surface area contributed by atoms with Crippen LogP contribution in [0.2, 0.25) is 0 Å². The number of fused-ring (bicyclic) bond motifs is 2. The highest BCUT2D eigenvalue weighted by Crippen LogP contribution is 2.36. The minimum absolute atomic E-state index is 0.191. The van der Waals surface area contributed by atoms with Crippen molar-refractivity contribution in [3.05, 3.63) is 108 Å². The van der Waals surface area contributed by atoms with Crippen LogP contribution in [0.25, 0.3) is 6.08 Å². The molecule has 4 aromatic rings. The fraction of sp³-hybridized carbons (Fsp3) is 0.242. The zero-order valence-electron chi connectivity index (χ0n) is 24.6. The van der Waals surface area contributed by atoms with E-state index in [1.165, 1.54) is 15.9 Å². The molecule has 0 saturated heterocycles. The number of nitrogens with zero attached hydrogens (tertiary/aromatic N) is 2. The SMILES string of the molecule is CCOC(=O)C1=C(C)N=c2s/c(=C\c3ccc(OCc4ccc5c(c4)OCO5)c(OC)c3)c(=O)n2[C@H]1c1ccccc1OC. The maximum absolute atomic E-state index is 14.0. The van der Waals surface area contributed by atoms with Crippen molar-refractivity contribution in [2.45, 2.75) is 26.5 Å². The molecular formula is C33H30N2O8S. The molecule has 226 valence electrons. The Kier molecular flexibility index (Phi) is 8.12. The van der Waals surface area contributed by atoms with Crippen LogP contribution in [-0.2, 0) is 16.1 Å². The molecule has 6 rings (SSSR count). The number of para-hydroxylation sites is 1. The Morgan fingerprint density at radius 1 is 1.02 bits per heavy atom. The molecule has 2 aliphatic heterocycles. The summed E-state index contributed by atoms with van der Waals surface area (Å²) in [4.78, 5) is 32.3. The van der Waals surface area contributed by atoms with Gasteiger partial charge >= 0.3 is 5.97 Å². The van der Waals surface area contributed by atoms with Crippen molar-refractivity contribution >= 4 is 23.4 Å². The molecule has 2 aliphatic rings. The van der Waals surface area contributed by atoms with Gasteiger partial charge in [0.1, 0.15) is 18.4 Å². The van der Waals surface area contributed by atoms with Crippen LogP contribution in [0.1, 0.15) is 36.6 Å². The van der Waals surface area contributed by atoms with Gasteiger partial charge in [-0.2, -0.15) is 0 Å². The van der Waals surface area contributed by atoms with Crippen LogP contribution < -0.4 is 38.6 Å². The Morgan fingerprint density at radius 3 is 2.61 bits per heavy atom. The van der Waals surface area contributed by atoms with E-state index in [-0.39, 0.29) is 19.0 Å². The van der Waals surface area contributed by atoms with Gasteiger partial charge in [-0.3, -0.25) is 9.36 Å². The first-order valence-electron chi connectivity index (χ1n) is 13.9. The maximum atomic E-state index is 14.0. The highest BCUT2D eigenvalue weighted by molar-refractivity contribution is 7.07. The van der Waals surface area contributed by atoms with E-state index in [1.807, 2.05) is 42.5 Å². The van der Waals surface area contributed by atoms with E-state index < -0.39 is 12.0 Å². The minimum atomic E-state index is -0.773. The van der Waals surface area contributed by atoms with Gasteiger partial charge in [0.15, 0.2) is 27.8 Å². The highest BCUT2D eigenvalue weighted by atomic mass is 32.1. The Hall–Kier alpha value is -5.03. The van der Waals surface area contributed by atoms with Crippen molar-refractivity contribution < 1.29 is 33.2 Å². The molecule has 0 saturated carbocycles. The van der Waals surface area contributed by atoms with Gasteiger partial charge in [-0.15, -0.1) is 0 Å². The molecule has 0 fully saturated rings. The van der Waals surface area contributed by atoms with E-state index in [2.05, 4.69) is 4.99 Å². The van der Waals surface area contributed by atoms with E-state index in [0.29, 0.717) is 61.5 Å². The molecule has 44 heavy (non-hydrogen) atoms. The topological polar surface area (TPSA) is 107 Å². The van der Waals surface area contributed by atoms with Crippen molar-refractivity contribution in [2.75, 3.05) is 27.6 Å². The van der Waals surface area contributed by atoms with E-state index >= 15 is 0 Å². The number of carbonyl (C=O) groups is 1. The first-order valence-corrected chi connectivity index (χ1v) is 14.8. The lowest BCUT2D eigenvalue weighted by atomic mass is 9.95. The molecule has 0 radical (unpaired) electrons. The fourth-order valence-electron chi connectivity index (χ4n) is 5.21. The number of hydrogen-bond donors (Lipinski definition) is 0. The molecule has 1 atom stereocenters. The average Bonchev–Trinajstić information content (AvgIpc) is 3.63. The average molecular weight is 615 g/mol. The van der Waals surface area contributed by atoms with Gasteiger partial charge in [0.05, 0.1) is 36.6 Å². The number of ether oxygens (including phenoxy) is 6. The second-order valence-corrected chi connectivity index (χ2v) is 10.9. The normalized spacial score (nSPS) is 15.5. The van der Waals surface area contributed by atoms with Crippen LogP contribution in [0.5, 0.6) is 28.7 Å². The summed E-state index contributed by atoms with van der Waals surface area (Å²) < 4.78 is 35.5. The zero-order valence-corrected chi connectivity index (χ0v) is 25.4. The van der Waals surface area contributed by atoms with Gasteiger partial charge in [0, 0.05) is 5.56 Å². The number of methoxy groups -OCH3 is 2. The third kappa shape index (κ3) is 5.42. The molecule has 11 heteroatoms. The standard InChI is InChI=1S/C33H30N2O8S/c1-5-40-32(37)29-19(2)34-33-35(30(29)22-8-6-7-9-23(22)38-3)31(36)28(44-33)16-20-10-12-24(26(14-20)39-4)41-17-21-11-13-25-27(15-21)43-18-42-25/h6-16,30H,5,17-18H2,1-4H3/b28-16-/t30-/m0/s1. The number of benzene rings is 3. The smallest absolute Gasteiger partial charge is 0.338 e. The van der Waals surface area contributed by atoms with Crippen LogP contribution in [0.15, 0.2) is 81.7 Å². The summed E-state index contributed by atoms with van der Waals surface area (Å²) >= 11 is 1.24. The Morgan fingerprint density at radius 2 is 1.82 bits per heavy atom. The Balaban J connectivity index is 1.36. The summed E-state index contributed by atoms with van der Waals surface area (Å²) in [5, 5.41) is 0. The molecule has 0 aliphatic carbocycles. The number of aromatic nitrogens is 1. The number of hydrogen-bond acceptors (Lipinski definition) is 10. The van der Waals surface area contributed by atoms with Crippen molar-refractivity contribution in [3.63, 3.8) is 0 Å². The van der Waals surface area contributed by atoms with E-state index in [4.69, 9.17) is 28.4 Å². The van der Waals surface area contributed by atoms with Crippen molar-refractivity contribution in [2.24, 2.45) is 4.99 Å². The second kappa shape index (κ2) is 12.3. The van der Waals surface area contributed by atoms with Crippen LogP contribution in [0, 0.1) is 0 Å². The fourth-order valence-corrected chi connectivity index (χ4v) is 6.26. The van der Waals surface area contributed by atoms with Gasteiger partial charge in [0.25, 0.3) is 5.56 Å². The highest BCUT2D eigenvalue weighted by Gasteiger charge is 2.35. The first-order chi connectivity index (χ1) is 21.4. The Labute approximate surface area is 257 Å². The van der Waals surface area contributed by atoms with Crippen LogP contribution in [0.3, 0.4) is 0 Å². The lowest BCUT2D eigenvalue weighted by Gasteiger charge is -2.25. The largest absolute Gasteiger partial charge is 0.496 e. The Bertz CT molecular complexity index is 1960. The minimum Gasteiger partial charge on any atom is -0.496 e. The predicted octanol–water partition coefficient (Wildman–Crippen LogP) is 4.12. The molecule has 0 amide bonds. The quantitative estimate of drug-likeness (QED) is 0.259. The summed E-state index contributed by atoms with van der Waals surface area (Å²) in [6, 6.07) is 17.7. The van der Waals surface area contributed by atoms with E-state index in [9.17, 15) is 9.59 Å². The summed E-state index contributed by atoms with van der Waals surface area (Å²) in [5.41, 5.74) is 2.80. The number of esters is 1. The molecule has 1 aromatic heterocycles.